The first-order valence-electron chi connectivity index (χ1n) is 8.73. The maximum Gasteiger partial charge on any atom is 0.312 e. The summed E-state index contributed by atoms with van der Waals surface area (Å²) in [4.78, 5) is 14.1. The van der Waals surface area contributed by atoms with E-state index in [0.29, 0.717) is 32.5 Å². The molecular weight excluding hydrogens is 318 g/mol. The number of likely N-dealkylation sites (tertiary alicyclic amines) is 1. The normalized spacial score (nSPS) is 24.3. The van der Waals surface area contributed by atoms with Gasteiger partial charge in [-0.1, -0.05) is 30.3 Å². The van der Waals surface area contributed by atoms with Crippen LogP contribution in [0.3, 0.4) is 0 Å². The fraction of sp³-hybridized carbons (Fsp3) is 0.474. The lowest BCUT2D eigenvalue weighted by Crippen LogP contribution is -2.55. The molecule has 1 saturated heterocycles. The largest absolute Gasteiger partial charge is 0.481 e. The average molecular weight is 343 g/mol. The number of hydrogen-bond donors (Lipinski definition) is 2. The second kappa shape index (κ2) is 7.37. The van der Waals surface area contributed by atoms with Gasteiger partial charge in [-0.2, -0.15) is 5.10 Å². The van der Waals surface area contributed by atoms with E-state index in [1.165, 1.54) is 0 Å². The molecule has 134 valence electrons. The molecule has 0 unspecified atom stereocenters. The third-order valence-electron chi connectivity index (χ3n) is 5.14. The number of hydrogen-bond acceptors (Lipinski definition) is 4. The molecule has 0 spiro atoms. The summed E-state index contributed by atoms with van der Waals surface area (Å²) in [6, 6.07) is 11.5. The van der Waals surface area contributed by atoms with E-state index in [2.05, 4.69) is 10.00 Å². The first-order valence-corrected chi connectivity index (χ1v) is 8.73. The van der Waals surface area contributed by atoms with Crippen LogP contribution in [0.5, 0.6) is 0 Å². The maximum absolute atomic E-state index is 12.0. The van der Waals surface area contributed by atoms with Crippen LogP contribution < -0.4 is 0 Å². The average Bonchev–Trinajstić information content (AvgIpc) is 3.06. The molecule has 2 heterocycles. The quantitative estimate of drug-likeness (QED) is 0.836. The van der Waals surface area contributed by atoms with E-state index in [-0.39, 0.29) is 0 Å². The molecule has 6 nitrogen and oxygen atoms in total. The molecule has 1 aromatic heterocycles. The van der Waals surface area contributed by atoms with Gasteiger partial charge in [0.1, 0.15) is 5.41 Å². The zero-order chi connectivity index (χ0) is 17.9. The Hall–Kier alpha value is -2.18. The van der Waals surface area contributed by atoms with Crippen LogP contribution in [0.2, 0.25) is 0 Å². The Morgan fingerprint density at radius 1 is 1.32 bits per heavy atom. The molecule has 1 aliphatic rings. The van der Waals surface area contributed by atoms with Gasteiger partial charge in [0.05, 0.1) is 11.8 Å². The summed E-state index contributed by atoms with van der Waals surface area (Å²) in [5, 5.41) is 25.0. The number of nitrogens with zero attached hydrogens (tertiary/aromatic N) is 3. The number of β-amino-alcohol motifs (C(OH)–C–C–N with tert-alkyl or cyclic N) is 1. The molecule has 0 amide bonds. The minimum Gasteiger partial charge on any atom is -0.481 e. The van der Waals surface area contributed by atoms with Gasteiger partial charge in [0.25, 0.3) is 0 Å². The highest BCUT2D eigenvalue weighted by Gasteiger charge is 2.48. The van der Waals surface area contributed by atoms with Gasteiger partial charge in [-0.3, -0.25) is 14.4 Å². The van der Waals surface area contributed by atoms with Crippen LogP contribution in [-0.2, 0) is 24.3 Å². The Kier molecular flexibility index (Phi) is 5.20. The van der Waals surface area contributed by atoms with Crippen molar-refractivity contribution in [2.45, 2.75) is 39.0 Å². The molecule has 6 heteroatoms. The molecule has 2 atom stereocenters. The van der Waals surface area contributed by atoms with E-state index < -0.39 is 17.5 Å². The number of carboxylic acid groups (broad SMARTS) is 1. The summed E-state index contributed by atoms with van der Waals surface area (Å²) in [6.45, 7) is 4.46. The van der Waals surface area contributed by atoms with E-state index >= 15 is 0 Å². The number of aliphatic hydroxyl groups excluding tert-OH is 1. The number of carboxylic acids is 1. The summed E-state index contributed by atoms with van der Waals surface area (Å²) in [7, 11) is 0. The van der Waals surface area contributed by atoms with E-state index in [9.17, 15) is 15.0 Å². The number of rotatable bonds is 6. The molecule has 0 saturated carbocycles. The number of piperidine rings is 1. The van der Waals surface area contributed by atoms with Crippen molar-refractivity contribution < 1.29 is 15.0 Å². The van der Waals surface area contributed by atoms with Gasteiger partial charge in [-0.25, -0.2) is 0 Å². The zero-order valence-electron chi connectivity index (χ0n) is 14.5. The summed E-state index contributed by atoms with van der Waals surface area (Å²) in [6.07, 6.45) is 1.80. The Morgan fingerprint density at radius 3 is 2.68 bits per heavy atom. The minimum absolute atomic E-state index is 0.345. The molecule has 0 aliphatic carbocycles. The molecule has 2 aromatic rings. The number of aromatic nitrogens is 2. The van der Waals surface area contributed by atoms with Gasteiger partial charge in [0.15, 0.2) is 0 Å². The van der Waals surface area contributed by atoms with E-state index in [0.717, 1.165) is 17.8 Å². The lowest BCUT2D eigenvalue weighted by Gasteiger charge is -2.42. The molecule has 0 radical (unpaired) electrons. The summed E-state index contributed by atoms with van der Waals surface area (Å²) in [5.74, 6) is -0.918. The second-order valence-corrected chi connectivity index (χ2v) is 6.79. The predicted molar refractivity (Wildman–Crippen MR) is 94.0 cm³/mol. The third kappa shape index (κ3) is 3.75. The standard InChI is InChI=1S/C19H25N3O3/c1-2-22-10-8-16(20-22)13-21-11-9-19(18(24)25,17(23)14-21)12-15-6-4-3-5-7-15/h3-8,10,17,23H,2,9,11-14H2,1H3,(H,24,25)/t17-,19+/m0/s1. The van der Waals surface area contributed by atoms with Gasteiger partial charge in [-0.05, 0) is 37.9 Å². The van der Waals surface area contributed by atoms with Gasteiger partial charge in [-0.15, -0.1) is 0 Å². The Bertz CT molecular complexity index is 716. The highest BCUT2D eigenvalue weighted by atomic mass is 16.4. The van der Waals surface area contributed by atoms with Crippen LogP contribution in [0, 0.1) is 5.41 Å². The fourth-order valence-electron chi connectivity index (χ4n) is 3.56. The lowest BCUT2D eigenvalue weighted by atomic mass is 9.71. The van der Waals surface area contributed by atoms with Gasteiger partial charge < -0.3 is 10.2 Å². The monoisotopic (exact) mass is 343 g/mol. The fourth-order valence-corrected chi connectivity index (χ4v) is 3.56. The topological polar surface area (TPSA) is 78.6 Å². The number of aryl methyl sites for hydroxylation is 1. The first-order chi connectivity index (χ1) is 12.0. The predicted octanol–water partition coefficient (Wildman–Crippen LogP) is 1.78. The van der Waals surface area contributed by atoms with Crippen LogP contribution in [0.4, 0.5) is 0 Å². The molecule has 3 rings (SSSR count). The van der Waals surface area contributed by atoms with E-state index in [1.54, 1.807) is 0 Å². The van der Waals surface area contributed by atoms with Crippen molar-refractivity contribution in [1.29, 1.82) is 0 Å². The molecular formula is C19H25N3O3. The molecule has 1 aromatic carbocycles. The first kappa shape index (κ1) is 17.6. The number of aliphatic hydroxyl groups is 1. The molecule has 1 aliphatic heterocycles. The van der Waals surface area contributed by atoms with Crippen molar-refractivity contribution in [3.05, 3.63) is 53.9 Å². The van der Waals surface area contributed by atoms with Gasteiger partial charge in [0, 0.05) is 25.8 Å². The minimum atomic E-state index is -1.12. The highest BCUT2D eigenvalue weighted by molar-refractivity contribution is 5.76. The van der Waals surface area contributed by atoms with Crippen molar-refractivity contribution in [3.63, 3.8) is 0 Å². The molecule has 1 fully saturated rings. The number of benzene rings is 1. The van der Waals surface area contributed by atoms with Gasteiger partial charge >= 0.3 is 5.97 Å². The van der Waals surface area contributed by atoms with Crippen molar-refractivity contribution in [3.8, 4) is 0 Å². The van der Waals surface area contributed by atoms with Crippen LogP contribution >= 0.6 is 0 Å². The molecule has 0 bridgehead atoms. The summed E-state index contributed by atoms with van der Waals surface area (Å²) in [5.41, 5.74) is 0.764. The lowest BCUT2D eigenvalue weighted by molar-refractivity contribution is -0.163. The Morgan fingerprint density at radius 2 is 2.08 bits per heavy atom. The van der Waals surface area contributed by atoms with E-state index in [1.807, 2.05) is 54.2 Å². The molecule has 25 heavy (non-hydrogen) atoms. The van der Waals surface area contributed by atoms with Crippen molar-refractivity contribution >= 4 is 5.97 Å². The van der Waals surface area contributed by atoms with E-state index in [4.69, 9.17) is 0 Å². The van der Waals surface area contributed by atoms with Crippen molar-refractivity contribution in [2.24, 2.45) is 5.41 Å². The van der Waals surface area contributed by atoms with Crippen LogP contribution in [0.1, 0.15) is 24.6 Å². The Labute approximate surface area is 147 Å². The maximum atomic E-state index is 12.0. The summed E-state index contributed by atoms with van der Waals surface area (Å²) < 4.78 is 1.87. The van der Waals surface area contributed by atoms with Crippen LogP contribution in [0.15, 0.2) is 42.6 Å². The van der Waals surface area contributed by atoms with Crippen molar-refractivity contribution in [1.82, 2.24) is 14.7 Å². The SMILES string of the molecule is CCn1ccc(CN2CC[C@](Cc3ccccc3)(C(=O)O)[C@@H](O)C2)n1. The third-order valence-corrected chi connectivity index (χ3v) is 5.14. The number of aliphatic carboxylic acids is 1. The van der Waals surface area contributed by atoms with Crippen LogP contribution in [0.25, 0.3) is 0 Å². The second-order valence-electron chi connectivity index (χ2n) is 6.79. The smallest absolute Gasteiger partial charge is 0.312 e. The van der Waals surface area contributed by atoms with Gasteiger partial charge in [0.2, 0.25) is 0 Å². The number of carbonyl (C=O) groups is 1. The highest BCUT2D eigenvalue weighted by Crippen LogP contribution is 2.36. The van der Waals surface area contributed by atoms with Crippen LogP contribution in [-0.4, -0.2) is 50.1 Å². The molecule has 2 N–H and O–H groups in total. The zero-order valence-corrected chi connectivity index (χ0v) is 14.5. The van der Waals surface area contributed by atoms with Crippen molar-refractivity contribution in [2.75, 3.05) is 13.1 Å². The Balaban J connectivity index is 1.70. The summed E-state index contributed by atoms with van der Waals surface area (Å²) >= 11 is 0.